The lowest BCUT2D eigenvalue weighted by Gasteiger charge is -1.99. The summed E-state index contributed by atoms with van der Waals surface area (Å²) in [4.78, 5) is 2.99. The van der Waals surface area contributed by atoms with Crippen molar-refractivity contribution in [3.63, 3.8) is 0 Å². The van der Waals surface area contributed by atoms with Crippen molar-refractivity contribution < 1.29 is 0 Å². The second-order valence-electron chi connectivity index (χ2n) is 1.89. The number of nitrogens with one attached hydrogen (secondary N) is 1. The summed E-state index contributed by atoms with van der Waals surface area (Å²) in [7, 11) is 0. The second kappa shape index (κ2) is 2.51. The molecule has 0 amide bonds. The van der Waals surface area contributed by atoms with Crippen LogP contribution in [-0.2, 0) is 0 Å². The third kappa shape index (κ3) is 1.21. The van der Waals surface area contributed by atoms with Crippen LogP contribution in [0.4, 0.5) is 0 Å². The number of rotatable bonds is 2. The summed E-state index contributed by atoms with van der Waals surface area (Å²) in [5.41, 5.74) is 6.59. The van der Waals surface area contributed by atoms with Crippen molar-refractivity contribution in [2.45, 2.75) is 6.04 Å². The Labute approximate surface area is 54.4 Å². The molecule has 48 valence electrons. The molecule has 0 spiro atoms. The maximum absolute atomic E-state index is 5.59. The summed E-state index contributed by atoms with van der Waals surface area (Å²) in [5.74, 6) is 0. The van der Waals surface area contributed by atoms with Crippen LogP contribution < -0.4 is 5.73 Å². The molecule has 0 radical (unpaired) electrons. The Kier molecular flexibility index (Phi) is 1.70. The third-order valence-electron chi connectivity index (χ3n) is 1.24. The van der Waals surface area contributed by atoms with Crippen LogP contribution in [0, 0.1) is 0 Å². The van der Waals surface area contributed by atoms with Crippen molar-refractivity contribution >= 4 is 0 Å². The molecule has 1 rings (SSSR count). The molecule has 9 heavy (non-hydrogen) atoms. The predicted octanol–water partition coefficient (Wildman–Crippen LogP) is 1.20. The number of nitrogens with two attached hydrogens (primary N) is 1. The Morgan fingerprint density at radius 1 is 1.78 bits per heavy atom. The van der Waals surface area contributed by atoms with Gasteiger partial charge in [0.25, 0.3) is 0 Å². The molecule has 2 heteroatoms. The van der Waals surface area contributed by atoms with Crippen LogP contribution in [0.1, 0.15) is 11.7 Å². The molecule has 1 atom stereocenters. The summed E-state index contributed by atoms with van der Waals surface area (Å²) in [6.45, 7) is 3.57. The van der Waals surface area contributed by atoms with Crippen LogP contribution in [0.3, 0.4) is 0 Å². The van der Waals surface area contributed by atoms with Crippen LogP contribution in [0.15, 0.2) is 31.0 Å². The van der Waals surface area contributed by atoms with E-state index in [9.17, 15) is 0 Å². The van der Waals surface area contributed by atoms with Crippen molar-refractivity contribution in [1.29, 1.82) is 0 Å². The number of hydrogen-bond acceptors (Lipinski definition) is 1. The Hall–Kier alpha value is -1.02. The van der Waals surface area contributed by atoms with E-state index in [2.05, 4.69) is 11.6 Å². The van der Waals surface area contributed by atoms with E-state index in [-0.39, 0.29) is 6.04 Å². The number of aromatic nitrogens is 1. The van der Waals surface area contributed by atoms with Gasteiger partial charge in [-0.1, -0.05) is 6.08 Å². The van der Waals surface area contributed by atoms with Crippen LogP contribution in [0.5, 0.6) is 0 Å². The highest BCUT2D eigenvalue weighted by Crippen LogP contribution is 2.05. The molecule has 0 saturated carbocycles. The van der Waals surface area contributed by atoms with Gasteiger partial charge in [0, 0.05) is 11.9 Å². The molecule has 0 aliphatic heterocycles. The smallest absolute Gasteiger partial charge is 0.0631 e. The fourth-order valence-electron chi connectivity index (χ4n) is 0.679. The zero-order valence-corrected chi connectivity index (χ0v) is 5.17. The fraction of sp³-hybridized carbons (Fsp3) is 0.143. The molecular weight excluding hydrogens is 112 g/mol. The van der Waals surface area contributed by atoms with E-state index in [0.717, 1.165) is 5.69 Å². The molecule has 0 saturated heterocycles. The first-order valence-electron chi connectivity index (χ1n) is 2.86. The second-order valence-corrected chi connectivity index (χ2v) is 1.89. The van der Waals surface area contributed by atoms with Gasteiger partial charge in [-0.05, 0) is 12.1 Å². The van der Waals surface area contributed by atoms with Crippen molar-refractivity contribution in [3.8, 4) is 0 Å². The van der Waals surface area contributed by atoms with Crippen LogP contribution in [0.2, 0.25) is 0 Å². The Balaban J connectivity index is 2.76. The highest BCUT2D eigenvalue weighted by atomic mass is 14.8. The van der Waals surface area contributed by atoms with Gasteiger partial charge in [0.15, 0.2) is 0 Å². The van der Waals surface area contributed by atoms with E-state index in [1.807, 2.05) is 18.3 Å². The highest BCUT2D eigenvalue weighted by molar-refractivity contribution is 5.12. The number of H-pyrrole nitrogens is 1. The average Bonchev–Trinajstić information content (AvgIpc) is 2.37. The Bertz CT molecular complexity index is 177. The third-order valence-corrected chi connectivity index (χ3v) is 1.24. The summed E-state index contributed by atoms with van der Waals surface area (Å²) in [6, 6.07) is 3.80. The van der Waals surface area contributed by atoms with Gasteiger partial charge in [0.1, 0.15) is 0 Å². The minimum Gasteiger partial charge on any atom is -0.363 e. The molecular formula is C7H10N2. The van der Waals surface area contributed by atoms with Crippen molar-refractivity contribution in [3.05, 3.63) is 36.7 Å². The molecule has 0 unspecified atom stereocenters. The monoisotopic (exact) mass is 122 g/mol. The molecule has 0 aliphatic rings. The van der Waals surface area contributed by atoms with E-state index in [4.69, 9.17) is 5.73 Å². The Morgan fingerprint density at radius 2 is 2.56 bits per heavy atom. The molecule has 0 bridgehead atoms. The van der Waals surface area contributed by atoms with Crippen molar-refractivity contribution in [1.82, 2.24) is 4.98 Å². The highest BCUT2D eigenvalue weighted by Gasteiger charge is 1.97. The van der Waals surface area contributed by atoms with Crippen molar-refractivity contribution in [2.75, 3.05) is 0 Å². The molecule has 0 aromatic carbocycles. The first kappa shape index (κ1) is 6.11. The normalized spacial score (nSPS) is 13.0. The molecule has 1 aromatic heterocycles. The van der Waals surface area contributed by atoms with E-state index >= 15 is 0 Å². The van der Waals surface area contributed by atoms with Gasteiger partial charge in [0.2, 0.25) is 0 Å². The van der Waals surface area contributed by atoms with Crippen LogP contribution in [-0.4, -0.2) is 4.98 Å². The van der Waals surface area contributed by atoms with Gasteiger partial charge in [-0.25, -0.2) is 0 Å². The molecule has 0 aliphatic carbocycles. The first-order chi connectivity index (χ1) is 4.34. The number of aromatic amines is 1. The largest absolute Gasteiger partial charge is 0.363 e. The van der Waals surface area contributed by atoms with E-state index in [0.29, 0.717) is 0 Å². The molecule has 1 aromatic rings. The maximum Gasteiger partial charge on any atom is 0.0631 e. The predicted molar refractivity (Wildman–Crippen MR) is 37.9 cm³/mol. The lowest BCUT2D eigenvalue weighted by Crippen LogP contribution is -2.05. The lowest BCUT2D eigenvalue weighted by atomic mass is 10.2. The summed E-state index contributed by atoms with van der Waals surface area (Å²) < 4.78 is 0. The zero-order chi connectivity index (χ0) is 6.69. The van der Waals surface area contributed by atoms with E-state index in [1.54, 1.807) is 6.08 Å². The minimum atomic E-state index is -0.0556. The van der Waals surface area contributed by atoms with Gasteiger partial charge in [-0.15, -0.1) is 6.58 Å². The first-order valence-corrected chi connectivity index (χ1v) is 2.86. The lowest BCUT2D eigenvalue weighted by molar-refractivity contribution is 0.876. The van der Waals surface area contributed by atoms with E-state index in [1.165, 1.54) is 0 Å². The average molecular weight is 122 g/mol. The molecule has 2 nitrogen and oxygen atoms in total. The van der Waals surface area contributed by atoms with Gasteiger partial charge in [-0.3, -0.25) is 0 Å². The Morgan fingerprint density at radius 3 is 3.00 bits per heavy atom. The molecule has 0 fully saturated rings. The van der Waals surface area contributed by atoms with Gasteiger partial charge in [0.05, 0.1) is 6.04 Å². The summed E-state index contributed by atoms with van der Waals surface area (Å²) >= 11 is 0. The van der Waals surface area contributed by atoms with Gasteiger partial charge < -0.3 is 10.7 Å². The minimum absolute atomic E-state index is 0.0556. The SMILES string of the molecule is C=C[C@H](N)c1ccc[nH]1. The topological polar surface area (TPSA) is 41.8 Å². The van der Waals surface area contributed by atoms with Gasteiger partial charge in [-0.2, -0.15) is 0 Å². The zero-order valence-electron chi connectivity index (χ0n) is 5.17. The van der Waals surface area contributed by atoms with Gasteiger partial charge >= 0.3 is 0 Å². The van der Waals surface area contributed by atoms with Crippen LogP contribution >= 0.6 is 0 Å². The summed E-state index contributed by atoms with van der Waals surface area (Å²) in [5, 5.41) is 0. The molecule has 3 N–H and O–H groups in total. The standard InChI is InChI=1S/C7H10N2/c1-2-6(8)7-4-3-5-9-7/h2-6,9H,1,8H2/t6-/m0/s1. The van der Waals surface area contributed by atoms with E-state index < -0.39 is 0 Å². The quantitative estimate of drug-likeness (QED) is 0.568. The fourth-order valence-corrected chi connectivity index (χ4v) is 0.679. The van der Waals surface area contributed by atoms with Crippen molar-refractivity contribution in [2.24, 2.45) is 5.73 Å². The maximum atomic E-state index is 5.59. The van der Waals surface area contributed by atoms with Crippen LogP contribution in [0.25, 0.3) is 0 Å². The molecule has 1 heterocycles. The number of hydrogen-bond donors (Lipinski definition) is 2. The summed E-state index contributed by atoms with van der Waals surface area (Å²) in [6.07, 6.45) is 3.55.